The molecule has 104 valence electrons. The fraction of sp³-hybridized carbons (Fsp3) is 0.357. The van der Waals surface area contributed by atoms with Crippen molar-refractivity contribution in [2.24, 2.45) is 0 Å². The summed E-state index contributed by atoms with van der Waals surface area (Å²) in [5.41, 5.74) is 2.14. The van der Waals surface area contributed by atoms with Crippen molar-refractivity contribution in [2.45, 2.75) is 31.7 Å². The summed E-state index contributed by atoms with van der Waals surface area (Å²) in [4.78, 5) is 11.1. The molecule has 1 aliphatic rings. The van der Waals surface area contributed by atoms with E-state index in [1.807, 2.05) is 0 Å². The van der Waals surface area contributed by atoms with Crippen molar-refractivity contribution in [2.75, 3.05) is 0 Å². The molecule has 0 aliphatic heterocycles. The number of rotatable bonds is 4. The van der Waals surface area contributed by atoms with Gasteiger partial charge in [0.15, 0.2) is 6.29 Å². The molecule has 0 radical (unpaired) electrons. The molecule has 0 atom stereocenters. The van der Waals surface area contributed by atoms with E-state index in [9.17, 15) is 4.79 Å². The second kappa shape index (κ2) is 5.54. The maximum atomic E-state index is 11.1. The van der Waals surface area contributed by atoms with E-state index in [0.717, 1.165) is 30.4 Å². The average Bonchev–Trinajstić information content (AvgIpc) is 2.75. The molecule has 2 aromatic rings. The number of aldehydes is 1. The number of carbonyl (C=O) groups is 1. The Labute approximate surface area is 126 Å². The van der Waals surface area contributed by atoms with Gasteiger partial charge in [0.05, 0.1) is 12.2 Å². The summed E-state index contributed by atoms with van der Waals surface area (Å²) < 4.78 is 1.75. The van der Waals surface area contributed by atoms with Crippen molar-refractivity contribution in [3.63, 3.8) is 0 Å². The predicted octanol–water partition coefficient (Wildman–Crippen LogP) is 3.71. The highest BCUT2D eigenvalue weighted by Crippen LogP contribution is 2.37. The highest BCUT2D eigenvalue weighted by atomic mass is 35.5. The third kappa shape index (κ3) is 2.34. The lowest BCUT2D eigenvalue weighted by Gasteiger charge is -2.26. The molecule has 1 heterocycles. The van der Waals surface area contributed by atoms with Gasteiger partial charge in [-0.05, 0) is 25.0 Å². The molecule has 1 aromatic carbocycles. The lowest BCUT2D eigenvalue weighted by molar-refractivity contribution is 0.111. The molecule has 0 bridgehead atoms. The molecule has 0 saturated heterocycles. The van der Waals surface area contributed by atoms with Crippen molar-refractivity contribution in [3.8, 4) is 0 Å². The van der Waals surface area contributed by atoms with Crippen molar-refractivity contribution in [1.29, 1.82) is 0 Å². The molecular weight excluding hydrogens is 297 g/mol. The van der Waals surface area contributed by atoms with Crippen LogP contribution in [-0.4, -0.2) is 21.3 Å². The monoisotopic (exact) mass is 309 g/mol. The van der Waals surface area contributed by atoms with E-state index in [0.29, 0.717) is 28.2 Å². The van der Waals surface area contributed by atoms with Gasteiger partial charge in [-0.25, -0.2) is 4.68 Å². The number of hydrogen-bond donors (Lipinski definition) is 0. The number of nitrogens with zero attached hydrogens (tertiary/aromatic N) is 3. The number of benzene rings is 1. The van der Waals surface area contributed by atoms with Crippen LogP contribution in [0, 0.1) is 0 Å². The second-order valence-electron chi connectivity index (χ2n) is 4.96. The van der Waals surface area contributed by atoms with Crippen molar-refractivity contribution < 1.29 is 4.79 Å². The summed E-state index contributed by atoms with van der Waals surface area (Å²) in [5, 5.41) is 9.23. The Morgan fingerprint density at radius 2 is 2.00 bits per heavy atom. The highest BCUT2D eigenvalue weighted by molar-refractivity contribution is 6.35. The molecule has 1 aliphatic carbocycles. The first-order valence-electron chi connectivity index (χ1n) is 6.52. The van der Waals surface area contributed by atoms with Crippen LogP contribution >= 0.6 is 23.2 Å². The van der Waals surface area contributed by atoms with Crippen LogP contribution in [0.4, 0.5) is 0 Å². The van der Waals surface area contributed by atoms with Crippen LogP contribution in [0.15, 0.2) is 18.2 Å². The highest BCUT2D eigenvalue weighted by Gasteiger charge is 2.27. The molecule has 4 nitrogen and oxygen atoms in total. The van der Waals surface area contributed by atoms with Crippen LogP contribution in [0.5, 0.6) is 0 Å². The summed E-state index contributed by atoms with van der Waals surface area (Å²) in [6.07, 6.45) is 4.10. The molecule has 0 spiro atoms. The first-order chi connectivity index (χ1) is 9.70. The quantitative estimate of drug-likeness (QED) is 0.809. The largest absolute Gasteiger partial charge is 0.296 e. The SMILES string of the molecule is O=Cc1nnn(Cc2c(Cl)cccc2Cl)c1C1CCC1. The van der Waals surface area contributed by atoms with Crippen LogP contribution < -0.4 is 0 Å². The topological polar surface area (TPSA) is 47.8 Å². The Morgan fingerprint density at radius 1 is 1.30 bits per heavy atom. The normalized spacial score (nSPS) is 15.1. The summed E-state index contributed by atoms with van der Waals surface area (Å²) >= 11 is 12.4. The van der Waals surface area contributed by atoms with E-state index >= 15 is 0 Å². The minimum absolute atomic E-state index is 0.367. The maximum Gasteiger partial charge on any atom is 0.172 e. The lowest BCUT2D eigenvalue weighted by Crippen LogP contribution is -2.17. The molecule has 0 N–H and O–H groups in total. The lowest BCUT2D eigenvalue weighted by atomic mass is 9.82. The zero-order valence-corrected chi connectivity index (χ0v) is 12.2. The number of carbonyl (C=O) groups excluding carboxylic acids is 1. The van der Waals surface area contributed by atoms with Crippen molar-refractivity contribution in [1.82, 2.24) is 15.0 Å². The first kappa shape index (κ1) is 13.6. The zero-order chi connectivity index (χ0) is 14.1. The van der Waals surface area contributed by atoms with Crippen LogP contribution in [0.25, 0.3) is 0 Å². The van der Waals surface area contributed by atoms with Gasteiger partial charge in [0, 0.05) is 21.5 Å². The molecule has 6 heteroatoms. The second-order valence-corrected chi connectivity index (χ2v) is 5.78. The third-order valence-electron chi connectivity index (χ3n) is 3.77. The molecule has 1 fully saturated rings. The fourth-order valence-electron chi connectivity index (χ4n) is 2.47. The van der Waals surface area contributed by atoms with Crippen LogP contribution in [0.2, 0.25) is 10.0 Å². The Bertz CT molecular complexity index is 630. The Morgan fingerprint density at radius 3 is 2.55 bits per heavy atom. The van der Waals surface area contributed by atoms with Crippen LogP contribution in [0.3, 0.4) is 0 Å². The maximum absolute atomic E-state index is 11.1. The third-order valence-corrected chi connectivity index (χ3v) is 4.48. The predicted molar refractivity (Wildman–Crippen MR) is 77.6 cm³/mol. The van der Waals surface area contributed by atoms with E-state index in [-0.39, 0.29) is 0 Å². The smallest absolute Gasteiger partial charge is 0.172 e. The number of halogens is 2. The summed E-state index contributed by atoms with van der Waals surface area (Å²) in [7, 11) is 0. The molecule has 1 aromatic heterocycles. The molecule has 0 amide bonds. The summed E-state index contributed by atoms with van der Waals surface area (Å²) in [5.74, 6) is 0.367. The van der Waals surface area contributed by atoms with Gasteiger partial charge in [-0.3, -0.25) is 4.79 Å². The molecule has 1 saturated carbocycles. The molecule has 20 heavy (non-hydrogen) atoms. The van der Waals surface area contributed by atoms with E-state index in [2.05, 4.69) is 10.3 Å². The van der Waals surface area contributed by atoms with E-state index in [4.69, 9.17) is 23.2 Å². The summed E-state index contributed by atoms with van der Waals surface area (Å²) in [6.45, 7) is 0.436. The van der Waals surface area contributed by atoms with Gasteiger partial charge in [0.2, 0.25) is 0 Å². The van der Waals surface area contributed by atoms with Crippen LogP contribution in [-0.2, 0) is 6.54 Å². The Kier molecular flexibility index (Phi) is 3.76. The van der Waals surface area contributed by atoms with E-state index in [1.165, 1.54) is 6.42 Å². The first-order valence-corrected chi connectivity index (χ1v) is 7.27. The average molecular weight is 310 g/mol. The summed E-state index contributed by atoms with van der Waals surface area (Å²) in [6, 6.07) is 5.39. The van der Waals surface area contributed by atoms with Crippen molar-refractivity contribution in [3.05, 3.63) is 45.2 Å². The van der Waals surface area contributed by atoms with E-state index < -0.39 is 0 Å². The molecule has 3 rings (SSSR count). The van der Waals surface area contributed by atoms with Gasteiger partial charge in [0.25, 0.3) is 0 Å². The molecular formula is C14H13Cl2N3O. The van der Waals surface area contributed by atoms with Gasteiger partial charge in [-0.15, -0.1) is 5.10 Å². The molecule has 0 unspecified atom stereocenters. The Hall–Kier alpha value is -1.39. The Balaban J connectivity index is 1.98. The van der Waals surface area contributed by atoms with Gasteiger partial charge in [0.1, 0.15) is 5.69 Å². The van der Waals surface area contributed by atoms with Gasteiger partial charge in [-0.2, -0.15) is 0 Å². The van der Waals surface area contributed by atoms with Gasteiger partial charge < -0.3 is 0 Å². The fourth-order valence-corrected chi connectivity index (χ4v) is 2.99. The standard InChI is InChI=1S/C14H13Cl2N3O/c15-11-5-2-6-12(16)10(11)7-19-14(9-3-1-4-9)13(8-20)17-18-19/h2,5-6,8-9H,1,3-4,7H2. The minimum Gasteiger partial charge on any atom is -0.296 e. The zero-order valence-electron chi connectivity index (χ0n) is 10.7. The number of aromatic nitrogens is 3. The van der Waals surface area contributed by atoms with Crippen LogP contribution in [0.1, 0.15) is 46.9 Å². The van der Waals surface area contributed by atoms with E-state index in [1.54, 1.807) is 22.9 Å². The van der Waals surface area contributed by atoms with Gasteiger partial charge in [-0.1, -0.05) is 40.9 Å². The van der Waals surface area contributed by atoms with Crippen molar-refractivity contribution >= 4 is 29.5 Å². The number of hydrogen-bond acceptors (Lipinski definition) is 3. The van der Waals surface area contributed by atoms with Gasteiger partial charge >= 0.3 is 0 Å². The minimum atomic E-state index is 0.367.